The van der Waals surface area contributed by atoms with Crippen LogP contribution in [0.1, 0.15) is 17.7 Å². The minimum absolute atomic E-state index is 0.141. The summed E-state index contributed by atoms with van der Waals surface area (Å²) in [6, 6.07) is 1.90. The Balaban J connectivity index is 2.52. The van der Waals surface area contributed by atoms with Crippen LogP contribution in [0.3, 0.4) is 0 Å². The maximum Gasteiger partial charge on any atom is 0.223 e. The summed E-state index contributed by atoms with van der Waals surface area (Å²) in [5.41, 5.74) is 1.07. The number of alkyl halides is 1. The molecule has 1 heterocycles. The van der Waals surface area contributed by atoms with E-state index in [1.807, 2.05) is 13.0 Å². The Morgan fingerprint density at radius 2 is 2.36 bits per heavy atom. The van der Waals surface area contributed by atoms with Crippen LogP contribution in [0.4, 0.5) is 0 Å². The van der Waals surface area contributed by atoms with E-state index in [1.165, 1.54) is 0 Å². The van der Waals surface area contributed by atoms with E-state index in [4.69, 9.17) is 4.42 Å². The van der Waals surface area contributed by atoms with E-state index in [9.17, 15) is 4.79 Å². The highest BCUT2D eigenvalue weighted by Crippen LogP contribution is 2.11. The molecular weight excluding hydrogens is 246 g/mol. The van der Waals surface area contributed by atoms with Crippen LogP contribution in [0.5, 0.6) is 0 Å². The van der Waals surface area contributed by atoms with E-state index < -0.39 is 0 Å². The number of halogens is 1. The number of amides is 1. The zero-order valence-corrected chi connectivity index (χ0v) is 10.0. The predicted molar refractivity (Wildman–Crippen MR) is 58.3 cm³/mol. The fourth-order valence-electron chi connectivity index (χ4n) is 1.19. The van der Waals surface area contributed by atoms with Crippen LogP contribution in [0.2, 0.25) is 0 Å². The fourth-order valence-corrected chi connectivity index (χ4v) is 1.53. The molecule has 0 bridgehead atoms. The minimum atomic E-state index is 0.141. The molecule has 0 fully saturated rings. The zero-order valence-electron chi connectivity index (χ0n) is 8.42. The second-order valence-corrected chi connectivity index (χ2v) is 3.98. The second-order valence-electron chi connectivity index (χ2n) is 3.19. The lowest BCUT2D eigenvalue weighted by atomic mass is 10.2. The van der Waals surface area contributed by atoms with Gasteiger partial charge in [0.15, 0.2) is 0 Å². The number of aryl methyl sites for hydroxylation is 1. The topological polar surface area (TPSA) is 33.5 Å². The van der Waals surface area contributed by atoms with Crippen molar-refractivity contribution >= 4 is 21.8 Å². The maximum atomic E-state index is 11.4. The van der Waals surface area contributed by atoms with Crippen LogP contribution in [-0.2, 0) is 11.3 Å². The quantitative estimate of drug-likeness (QED) is 0.778. The summed E-state index contributed by atoms with van der Waals surface area (Å²) >= 11 is 3.24. The van der Waals surface area contributed by atoms with E-state index in [-0.39, 0.29) is 5.91 Å². The molecule has 0 aliphatic carbocycles. The zero-order chi connectivity index (χ0) is 10.6. The lowest BCUT2D eigenvalue weighted by Crippen LogP contribution is -2.26. The molecule has 1 rings (SSSR count). The minimum Gasteiger partial charge on any atom is -0.469 e. The van der Waals surface area contributed by atoms with Gasteiger partial charge in [-0.25, -0.2) is 0 Å². The normalized spacial score (nSPS) is 10.2. The second kappa shape index (κ2) is 5.20. The lowest BCUT2D eigenvalue weighted by Gasteiger charge is -2.15. The number of furan rings is 1. The first kappa shape index (κ1) is 11.3. The summed E-state index contributed by atoms with van der Waals surface area (Å²) in [4.78, 5) is 13.2. The molecule has 0 aliphatic rings. The third-order valence-corrected chi connectivity index (χ3v) is 2.50. The van der Waals surface area contributed by atoms with Gasteiger partial charge >= 0.3 is 0 Å². The Bertz CT molecular complexity index is 309. The molecule has 78 valence electrons. The molecule has 0 spiro atoms. The van der Waals surface area contributed by atoms with E-state index in [0.717, 1.165) is 11.3 Å². The van der Waals surface area contributed by atoms with Crippen LogP contribution >= 0.6 is 15.9 Å². The third kappa shape index (κ3) is 2.87. The van der Waals surface area contributed by atoms with Crippen molar-refractivity contribution in [2.24, 2.45) is 0 Å². The van der Waals surface area contributed by atoms with E-state index in [0.29, 0.717) is 18.3 Å². The maximum absolute atomic E-state index is 11.4. The summed E-state index contributed by atoms with van der Waals surface area (Å²) < 4.78 is 5.16. The molecule has 0 saturated heterocycles. The number of nitrogens with zero attached hydrogens (tertiary/aromatic N) is 1. The van der Waals surface area contributed by atoms with Gasteiger partial charge in [-0.1, -0.05) is 15.9 Å². The van der Waals surface area contributed by atoms with Crippen molar-refractivity contribution in [3.63, 3.8) is 0 Å². The Kier molecular flexibility index (Phi) is 4.20. The Hall–Kier alpha value is -0.770. The monoisotopic (exact) mass is 259 g/mol. The highest BCUT2D eigenvalue weighted by molar-refractivity contribution is 9.09. The van der Waals surface area contributed by atoms with Crippen molar-refractivity contribution in [1.29, 1.82) is 0 Å². The molecule has 0 aromatic carbocycles. The molecule has 0 radical (unpaired) electrons. The van der Waals surface area contributed by atoms with Crippen molar-refractivity contribution in [2.75, 3.05) is 12.4 Å². The smallest absolute Gasteiger partial charge is 0.223 e. The van der Waals surface area contributed by atoms with Gasteiger partial charge in [-0.2, -0.15) is 0 Å². The number of hydrogen-bond donors (Lipinski definition) is 0. The third-order valence-electron chi connectivity index (χ3n) is 2.11. The largest absolute Gasteiger partial charge is 0.469 e. The number of carbonyl (C=O) groups is 1. The SMILES string of the molecule is Cc1occc1CN(C)C(=O)CCBr. The van der Waals surface area contributed by atoms with Gasteiger partial charge in [-0.05, 0) is 13.0 Å². The van der Waals surface area contributed by atoms with Gasteiger partial charge in [0.1, 0.15) is 5.76 Å². The summed E-state index contributed by atoms with van der Waals surface area (Å²) in [6.45, 7) is 2.52. The summed E-state index contributed by atoms with van der Waals surface area (Å²) in [5, 5.41) is 0.709. The Labute approximate surface area is 92.2 Å². The summed E-state index contributed by atoms with van der Waals surface area (Å²) in [5.74, 6) is 1.02. The molecular formula is C10H14BrNO2. The summed E-state index contributed by atoms with van der Waals surface area (Å²) in [7, 11) is 1.80. The van der Waals surface area contributed by atoms with Crippen LogP contribution in [0.25, 0.3) is 0 Å². The van der Waals surface area contributed by atoms with E-state index in [1.54, 1.807) is 18.2 Å². The van der Waals surface area contributed by atoms with Gasteiger partial charge in [0.2, 0.25) is 5.91 Å². The molecule has 1 amide bonds. The standard InChI is InChI=1S/C10H14BrNO2/c1-8-9(4-6-14-8)7-12(2)10(13)3-5-11/h4,6H,3,5,7H2,1-2H3. The molecule has 0 atom stereocenters. The molecule has 0 saturated carbocycles. The Morgan fingerprint density at radius 3 is 2.86 bits per heavy atom. The predicted octanol–water partition coefficient (Wildman–Crippen LogP) is 2.33. The van der Waals surface area contributed by atoms with Gasteiger partial charge < -0.3 is 9.32 Å². The molecule has 1 aromatic rings. The molecule has 3 nitrogen and oxygen atoms in total. The van der Waals surface area contributed by atoms with Gasteiger partial charge in [-0.3, -0.25) is 4.79 Å². The van der Waals surface area contributed by atoms with Crippen LogP contribution in [0.15, 0.2) is 16.7 Å². The first-order valence-corrected chi connectivity index (χ1v) is 5.60. The van der Waals surface area contributed by atoms with Crippen molar-refractivity contribution in [1.82, 2.24) is 4.90 Å². The van der Waals surface area contributed by atoms with Crippen LogP contribution < -0.4 is 0 Å². The van der Waals surface area contributed by atoms with Crippen LogP contribution in [0, 0.1) is 6.92 Å². The van der Waals surface area contributed by atoms with Gasteiger partial charge in [0.25, 0.3) is 0 Å². The van der Waals surface area contributed by atoms with Gasteiger partial charge in [0, 0.05) is 30.9 Å². The highest BCUT2D eigenvalue weighted by atomic mass is 79.9. The molecule has 0 N–H and O–H groups in total. The van der Waals surface area contributed by atoms with Gasteiger partial charge in [0.05, 0.1) is 6.26 Å². The molecule has 1 aromatic heterocycles. The van der Waals surface area contributed by atoms with Crippen molar-refractivity contribution in [3.8, 4) is 0 Å². The average molecular weight is 260 g/mol. The highest BCUT2D eigenvalue weighted by Gasteiger charge is 2.10. The molecule has 4 heteroatoms. The number of hydrogen-bond acceptors (Lipinski definition) is 2. The van der Waals surface area contributed by atoms with Crippen molar-refractivity contribution < 1.29 is 9.21 Å². The average Bonchev–Trinajstić information content (AvgIpc) is 2.52. The number of rotatable bonds is 4. The molecule has 14 heavy (non-hydrogen) atoms. The molecule has 0 unspecified atom stereocenters. The lowest BCUT2D eigenvalue weighted by molar-refractivity contribution is -0.129. The number of carbonyl (C=O) groups excluding carboxylic acids is 1. The van der Waals surface area contributed by atoms with Crippen molar-refractivity contribution in [2.45, 2.75) is 19.9 Å². The fraction of sp³-hybridized carbons (Fsp3) is 0.500. The Morgan fingerprint density at radius 1 is 1.64 bits per heavy atom. The van der Waals surface area contributed by atoms with E-state index >= 15 is 0 Å². The first-order chi connectivity index (χ1) is 6.65. The summed E-state index contributed by atoms with van der Waals surface area (Å²) in [6.07, 6.45) is 2.18. The van der Waals surface area contributed by atoms with E-state index in [2.05, 4.69) is 15.9 Å². The first-order valence-electron chi connectivity index (χ1n) is 4.48. The van der Waals surface area contributed by atoms with Crippen LogP contribution in [-0.4, -0.2) is 23.2 Å². The van der Waals surface area contributed by atoms with Gasteiger partial charge in [-0.15, -0.1) is 0 Å². The van der Waals surface area contributed by atoms with Crippen molar-refractivity contribution in [3.05, 3.63) is 23.7 Å². The molecule has 0 aliphatic heterocycles.